The van der Waals surface area contributed by atoms with Gasteiger partial charge in [0.25, 0.3) is 0 Å². The van der Waals surface area contributed by atoms with Gasteiger partial charge in [-0.2, -0.15) is 0 Å². The summed E-state index contributed by atoms with van der Waals surface area (Å²) in [4.78, 5) is 17.1. The average Bonchev–Trinajstić information content (AvgIpc) is 2.14. The first-order chi connectivity index (χ1) is 6.75. The molecule has 1 aliphatic heterocycles. The third-order valence-electron chi connectivity index (χ3n) is 2.32. The Morgan fingerprint density at radius 2 is 2.14 bits per heavy atom. The van der Waals surface area contributed by atoms with Crippen LogP contribution in [-0.2, 0) is 11.2 Å². The summed E-state index contributed by atoms with van der Waals surface area (Å²) in [5.41, 5.74) is 0.964. The van der Waals surface area contributed by atoms with Crippen LogP contribution in [0, 0.1) is 0 Å². The minimum absolute atomic E-state index is 0.0708. The number of amides is 1. The molecule has 0 radical (unpaired) electrons. The smallest absolute Gasteiger partial charge is 0.227 e. The highest BCUT2D eigenvalue weighted by Gasteiger charge is 2.28. The van der Waals surface area contributed by atoms with Gasteiger partial charge in [0.1, 0.15) is 0 Å². The molecule has 0 aromatic carbocycles. The van der Waals surface area contributed by atoms with Crippen molar-refractivity contribution >= 4 is 5.91 Å². The third kappa shape index (κ3) is 1.90. The van der Waals surface area contributed by atoms with Crippen molar-refractivity contribution in [3.05, 3.63) is 30.1 Å². The van der Waals surface area contributed by atoms with Crippen molar-refractivity contribution in [2.75, 3.05) is 13.1 Å². The molecule has 0 atom stereocenters. The maximum Gasteiger partial charge on any atom is 0.227 e. The van der Waals surface area contributed by atoms with Gasteiger partial charge in [0, 0.05) is 25.5 Å². The Morgan fingerprint density at radius 3 is 2.71 bits per heavy atom. The van der Waals surface area contributed by atoms with Gasteiger partial charge in [-0.05, 0) is 17.7 Å². The minimum Gasteiger partial charge on any atom is -0.389 e. The minimum atomic E-state index is -0.323. The molecule has 2 heterocycles. The van der Waals surface area contributed by atoms with Crippen LogP contribution in [0.25, 0.3) is 0 Å². The number of aliphatic hydroxyl groups is 1. The van der Waals surface area contributed by atoms with Crippen molar-refractivity contribution in [1.82, 2.24) is 9.88 Å². The van der Waals surface area contributed by atoms with Gasteiger partial charge in [0.05, 0.1) is 12.5 Å². The van der Waals surface area contributed by atoms with Crippen molar-refractivity contribution in [3.63, 3.8) is 0 Å². The van der Waals surface area contributed by atoms with Crippen LogP contribution < -0.4 is 0 Å². The van der Waals surface area contributed by atoms with E-state index in [2.05, 4.69) is 4.98 Å². The SMILES string of the molecule is O=C(Cc1ccncc1)N1CC(O)C1. The number of likely N-dealkylation sites (tertiary alicyclic amines) is 1. The van der Waals surface area contributed by atoms with Gasteiger partial charge in [-0.1, -0.05) is 0 Å². The standard InChI is InChI=1S/C10H12N2O2/c13-9-6-12(7-9)10(14)5-8-1-3-11-4-2-8/h1-4,9,13H,5-7H2. The molecule has 14 heavy (non-hydrogen) atoms. The van der Waals surface area contributed by atoms with Crippen molar-refractivity contribution < 1.29 is 9.90 Å². The fraction of sp³-hybridized carbons (Fsp3) is 0.400. The topological polar surface area (TPSA) is 53.4 Å². The van der Waals surface area contributed by atoms with E-state index in [4.69, 9.17) is 5.11 Å². The second kappa shape index (κ2) is 3.75. The first-order valence-electron chi connectivity index (χ1n) is 4.60. The molecule has 0 spiro atoms. The lowest BCUT2D eigenvalue weighted by atomic mass is 10.1. The van der Waals surface area contributed by atoms with Gasteiger partial charge < -0.3 is 10.0 Å². The summed E-state index contributed by atoms with van der Waals surface area (Å²) in [6.07, 6.45) is 3.42. The molecule has 0 unspecified atom stereocenters. The normalized spacial score (nSPS) is 16.5. The molecule has 1 aliphatic rings. The Bertz CT molecular complexity index is 320. The Morgan fingerprint density at radius 1 is 1.50 bits per heavy atom. The number of hydrogen-bond donors (Lipinski definition) is 1. The van der Waals surface area contributed by atoms with Crippen LogP contribution in [0.5, 0.6) is 0 Å². The molecule has 0 bridgehead atoms. The summed E-state index contributed by atoms with van der Waals surface area (Å²) in [7, 11) is 0. The van der Waals surface area contributed by atoms with Crippen molar-refractivity contribution in [2.45, 2.75) is 12.5 Å². The molecule has 1 N–H and O–H groups in total. The van der Waals surface area contributed by atoms with Gasteiger partial charge in [-0.15, -0.1) is 0 Å². The molecule has 4 heteroatoms. The zero-order valence-corrected chi connectivity index (χ0v) is 7.76. The number of nitrogens with zero attached hydrogens (tertiary/aromatic N) is 2. The molecule has 74 valence electrons. The second-order valence-corrected chi connectivity index (χ2v) is 3.48. The highest BCUT2D eigenvalue weighted by Crippen LogP contribution is 2.10. The van der Waals surface area contributed by atoms with Gasteiger partial charge in [0.15, 0.2) is 0 Å². The first-order valence-corrected chi connectivity index (χ1v) is 4.60. The summed E-state index contributed by atoms with van der Waals surface area (Å²) < 4.78 is 0. The van der Waals surface area contributed by atoms with Crippen LogP contribution in [0.1, 0.15) is 5.56 Å². The molecule has 4 nitrogen and oxygen atoms in total. The molecule has 1 saturated heterocycles. The molecule has 1 aromatic rings. The molecule has 1 aromatic heterocycles. The Hall–Kier alpha value is -1.42. The van der Waals surface area contributed by atoms with E-state index in [1.165, 1.54) is 0 Å². The number of hydrogen-bond acceptors (Lipinski definition) is 3. The van der Waals surface area contributed by atoms with Crippen LogP contribution in [0.2, 0.25) is 0 Å². The fourth-order valence-corrected chi connectivity index (χ4v) is 1.45. The number of aromatic nitrogens is 1. The number of carbonyl (C=O) groups is 1. The highest BCUT2D eigenvalue weighted by molar-refractivity contribution is 5.79. The summed E-state index contributed by atoms with van der Waals surface area (Å²) >= 11 is 0. The summed E-state index contributed by atoms with van der Waals surface area (Å²) in [5, 5.41) is 9.03. The summed E-state index contributed by atoms with van der Waals surface area (Å²) in [6, 6.07) is 3.65. The molecule has 0 saturated carbocycles. The number of aliphatic hydroxyl groups excluding tert-OH is 1. The van der Waals surface area contributed by atoms with Gasteiger partial charge in [-0.25, -0.2) is 0 Å². The van der Waals surface area contributed by atoms with E-state index in [1.54, 1.807) is 17.3 Å². The van der Waals surface area contributed by atoms with E-state index in [-0.39, 0.29) is 12.0 Å². The zero-order valence-electron chi connectivity index (χ0n) is 7.76. The van der Waals surface area contributed by atoms with Gasteiger partial charge in [0.2, 0.25) is 5.91 Å². The van der Waals surface area contributed by atoms with Crippen LogP contribution in [0.3, 0.4) is 0 Å². The largest absolute Gasteiger partial charge is 0.389 e. The first kappa shape index (κ1) is 9.15. The van der Waals surface area contributed by atoms with E-state index >= 15 is 0 Å². The van der Waals surface area contributed by atoms with Crippen LogP contribution in [-0.4, -0.2) is 40.1 Å². The summed E-state index contributed by atoms with van der Waals surface area (Å²) in [6.45, 7) is 0.952. The monoisotopic (exact) mass is 192 g/mol. The molecule has 0 aliphatic carbocycles. The maximum atomic E-state index is 11.5. The lowest BCUT2D eigenvalue weighted by Crippen LogP contribution is -2.53. The number of carbonyl (C=O) groups excluding carboxylic acids is 1. The molecule has 1 amide bonds. The Balaban J connectivity index is 1.89. The third-order valence-corrected chi connectivity index (χ3v) is 2.32. The van der Waals surface area contributed by atoms with Crippen LogP contribution >= 0.6 is 0 Å². The Kier molecular flexibility index (Phi) is 2.45. The summed E-state index contributed by atoms with van der Waals surface area (Å²) in [5.74, 6) is 0.0708. The zero-order chi connectivity index (χ0) is 9.97. The van der Waals surface area contributed by atoms with Crippen molar-refractivity contribution in [2.24, 2.45) is 0 Å². The van der Waals surface area contributed by atoms with E-state index in [0.717, 1.165) is 5.56 Å². The lowest BCUT2D eigenvalue weighted by Gasteiger charge is -2.35. The van der Waals surface area contributed by atoms with E-state index in [1.807, 2.05) is 12.1 Å². The molecular weight excluding hydrogens is 180 g/mol. The highest BCUT2D eigenvalue weighted by atomic mass is 16.3. The second-order valence-electron chi connectivity index (χ2n) is 3.48. The van der Waals surface area contributed by atoms with Crippen LogP contribution in [0.15, 0.2) is 24.5 Å². The van der Waals surface area contributed by atoms with Crippen molar-refractivity contribution in [3.8, 4) is 0 Å². The predicted molar refractivity (Wildman–Crippen MR) is 50.5 cm³/mol. The molecular formula is C10H12N2O2. The molecule has 2 rings (SSSR count). The number of β-amino-alcohol motifs (C(OH)–C–C–N with tert-alkyl or cyclic N) is 1. The Labute approximate surface area is 82.2 Å². The average molecular weight is 192 g/mol. The number of pyridine rings is 1. The van der Waals surface area contributed by atoms with Crippen LogP contribution in [0.4, 0.5) is 0 Å². The fourth-order valence-electron chi connectivity index (χ4n) is 1.45. The van der Waals surface area contributed by atoms with Crippen molar-refractivity contribution in [1.29, 1.82) is 0 Å². The van der Waals surface area contributed by atoms with E-state index in [9.17, 15) is 4.79 Å². The predicted octanol–water partition coefficient (Wildman–Crippen LogP) is -0.173. The quantitative estimate of drug-likeness (QED) is 0.707. The number of rotatable bonds is 2. The van der Waals surface area contributed by atoms with Gasteiger partial charge >= 0.3 is 0 Å². The van der Waals surface area contributed by atoms with E-state index in [0.29, 0.717) is 19.5 Å². The molecule has 1 fully saturated rings. The maximum absolute atomic E-state index is 11.5. The van der Waals surface area contributed by atoms with Gasteiger partial charge in [-0.3, -0.25) is 9.78 Å². The van der Waals surface area contributed by atoms with E-state index < -0.39 is 0 Å². The lowest BCUT2D eigenvalue weighted by molar-refractivity contribution is -0.140.